The van der Waals surface area contributed by atoms with Crippen LogP contribution in [-0.4, -0.2) is 24.4 Å². The maximum absolute atomic E-state index is 13.1. The summed E-state index contributed by atoms with van der Waals surface area (Å²) in [6.07, 6.45) is 1.86. The minimum Gasteiger partial charge on any atom is -0.490 e. The summed E-state index contributed by atoms with van der Waals surface area (Å²) in [6, 6.07) is 4.34. The Morgan fingerprint density at radius 2 is 2.00 bits per heavy atom. The molecule has 0 spiro atoms. The number of aliphatic hydroxyl groups excluding tert-OH is 1. The third-order valence-corrected chi connectivity index (χ3v) is 3.86. The number of ether oxygens (including phenoxy) is 2. The van der Waals surface area contributed by atoms with Gasteiger partial charge in [0.1, 0.15) is 17.7 Å². The molecule has 0 amide bonds. The zero-order valence-corrected chi connectivity index (χ0v) is 10.1. The van der Waals surface area contributed by atoms with Crippen molar-refractivity contribution in [3.05, 3.63) is 29.6 Å². The van der Waals surface area contributed by atoms with E-state index in [0.29, 0.717) is 23.7 Å². The second-order valence-electron chi connectivity index (χ2n) is 5.04. The van der Waals surface area contributed by atoms with E-state index in [-0.39, 0.29) is 11.9 Å². The molecule has 0 bridgehead atoms. The molecule has 0 aliphatic carbocycles. The SMILES string of the molecule is O[C@@H]1CC(C2CCOCC2)Oc2ccc(F)cc21. The maximum atomic E-state index is 13.1. The van der Waals surface area contributed by atoms with E-state index >= 15 is 0 Å². The molecule has 3 nitrogen and oxygen atoms in total. The van der Waals surface area contributed by atoms with E-state index in [1.807, 2.05) is 0 Å². The van der Waals surface area contributed by atoms with Gasteiger partial charge < -0.3 is 14.6 Å². The quantitative estimate of drug-likeness (QED) is 0.834. The van der Waals surface area contributed by atoms with Crippen molar-refractivity contribution >= 4 is 0 Å². The second kappa shape index (κ2) is 4.86. The lowest BCUT2D eigenvalue weighted by Gasteiger charge is -2.36. The van der Waals surface area contributed by atoms with Crippen LogP contribution in [0.2, 0.25) is 0 Å². The Morgan fingerprint density at radius 3 is 2.78 bits per heavy atom. The number of benzene rings is 1. The van der Waals surface area contributed by atoms with Gasteiger partial charge in [0.05, 0.1) is 6.10 Å². The minimum absolute atomic E-state index is 0.0156. The van der Waals surface area contributed by atoms with Crippen LogP contribution in [0.1, 0.15) is 30.9 Å². The molecule has 4 heteroatoms. The first-order valence-corrected chi connectivity index (χ1v) is 6.46. The van der Waals surface area contributed by atoms with Crippen LogP contribution >= 0.6 is 0 Å². The van der Waals surface area contributed by atoms with Gasteiger partial charge in [-0.15, -0.1) is 0 Å². The first-order chi connectivity index (χ1) is 8.74. The second-order valence-corrected chi connectivity index (χ2v) is 5.04. The van der Waals surface area contributed by atoms with E-state index < -0.39 is 6.10 Å². The van der Waals surface area contributed by atoms with E-state index in [2.05, 4.69) is 0 Å². The van der Waals surface area contributed by atoms with Gasteiger partial charge in [0, 0.05) is 31.1 Å². The van der Waals surface area contributed by atoms with Crippen molar-refractivity contribution in [3.8, 4) is 5.75 Å². The van der Waals surface area contributed by atoms with E-state index in [9.17, 15) is 9.50 Å². The number of rotatable bonds is 1. The molecule has 0 aromatic heterocycles. The van der Waals surface area contributed by atoms with Crippen LogP contribution in [0.3, 0.4) is 0 Å². The molecule has 1 N–H and O–H groups in total. The van der Waals surface area contributed by atoms with Crippen LogP contribution < -0.4 is 4.74 Å². The lowest BCUT2D eigenvalue weighted by atomic mass is 9.87. The van der Waals surface area contributed by atoms with Crippen molar-refractivity contribution in [2.24, 2.45) is 5.92 Å². The van der Waals surface area contributed by atoms with Crippen molar-refractivity contribution in [2.45, 2.75) is 31.5 Å². The van der Waals surface area contributed by atoms with Gasteiger partial charge in [-0.3, -0.25) is 0 Å². The summed E-state index contributed by atoms with van der Waals surface area (Å²) >= 11 is 0. The molecule has 1 aromatic carbocycles. The Kier molecular flexibility index (Phi) is 3.22. The summed E-state index contributed by atoms with van der Waals surface area (Å²) in [5.41, 5.74) is 0.568. The predicted octanol–water partition coefficient (Wildman–Crippen LogP) is 2.44. The van der Waals surface area contributed by atoms with Crippen LogP contribution in [0.15, 0.2) is 18.2 Å². The number of fused-ring (bicyclic) bond motifs is 1. The van der Waals surface area contributed by atoms with Crippen LogP contribution in [0.5, 0.6) is 5.75 Å². The summed E-state index contributed by atoms with van der Waals surface area (Å²) in [7, 11) is 0. The lowest BCUT2D eigenvalue weighted by molar-refractivity contribution is -0.0151. The van der Waals surface area contributed by atoms with Gasteiger partial charge in [0.25, 0.3) is 0 Å². The normalized spacial score (nSPS) is 28.6. The van der Waals surface area contributed by atoms with Crippen molar-refractivity contribution < 1.29 is 19.0 Å². The molecular formula is C14H17FO3. The Bertz CT molecular complexity index is 429. The minimum atomic E-state index is -0.628. The summed E-state index contributed by atoms with van der Waals surface area (Å²) in [6.45, 7) is 1.52. The fourth-order valence-electron chi connectivity index (χ4n) is 2.82. The fraction of sp³-hybridized carbons (Fsp3) is 0.571. The molecule has 18 heavy (non-hydrogen) atoms. The first kappa shape index (κ1) is 11.9. The summed E-state index contributed by atoms with van der Waals surface area (Å²) in [5, 5.41) is 10.1. The molecular weight excluding hydrogens is 235 g/mol. The lowest BCUT2D eigenvalue weighted by Crippen LogP contribution is -2.36. The van der Waals surface area contributed by atoms with Gasteiger partial charge in [-0.2, -0.15) is 0 Å². The van der Waals surface area contributed by atoms with E-state index in [4.69, 9.17) is 9.47 Å². The molecule has 0 radical (unpaired) electrons. The predicted molar refractivity (Wildman–Crippen MR) is 63.9 cm³/mol. The first-order valence-electron chi connectivity index (χ1n) is 6.46. The molecule has 0 saturated carbocycles. The number of halogens is 1. The van der Waals surface area contributed by atoms with Crippen LogP contribution in [0, 0.1) is 11.7 Å². The monoisotopic (exact) mass is 252 g/mol. The maximum Gasteiger partial charge on any atom is 0.125 e. The van der Waals surface area contributed by atoms with Crippen molar-refractivity contribution in [3.63, 3.8) is 0 Å². The highest BCUT2D eigenvalue weighted by atomic mass is 19.1. The van der Waals surface area contributed by atoms with Gasteiger partial charge in [-0.25, -0.2) is 4.39 Å². The van der Waals surface area contributed by atoms with Crippen molar-refractivity contribution in [1.29, 1.82) is 0 Å². The number of hydrogen-bond donors (Lipinski definition) is 1. The number of hydrogen-bond acceptors (Lipinski definition) is 3. The average molecular weight is 252 g/mol. The fourth-order valence-corrected chi connectivity index (χ4v) is 2.82. The Labute approximate surface area is 106 Å². The zero-order valence-electron chi connectivity index (χ0n) is 10.1. The highest BCUT2D eigenvalue weighted by molar-refractivity contribution is 5.37. The molecule has 1 saturated heterocycles. The number of aliphatic hydroxyl groups is 1. The molecule has 1 fully saturated rings. The van der Waals surface area contributed by atoms with Crippen LogP contribution in [0.25, 0.3) is 0 Å². The zero-order chi connectivity index (χ0) is 12.5. The largest absolute Gasteiger partial charge is 0.490 e. The van der Waals surface area contributed by atoms with Gasteiger partial charge in [0.15, 0.2) is 0 Å². The Hall–Kier alpha value is -1.13. The third kappa shape index (κ3) is 2.22. The van der Waals surface area contributed by atoms with Crippen molar-refractivity contribution in [1.82, 2.24) is 0 Å². The van der Waals surface area contributed by atoms with Crippen LogP contribution in [0.4, 0.5) is 4.39 Å². The molecule has 3 rings (SSSR count). The van der Waals surface area contributed by atoms with E-state index in [1.165, 1.54) is 12.1 Å². The summed E-state index contributed by atoms with van der Waals surface area (Å²) in [5.74, 6) is 0.708. The molecule has 98 valence electrons. The Morgan fingerprint density at radius 1 is 1.22 bits per heavy atom. The highest BCUT2D eigenvalue weighted by Crippen LogP contribution is 2.39. The standard InChI is InChI=1S/C14H17FO3/c15-10-1-2-13-11(7-10)12(16)8-14(18-13)9-3-5-17-6-4-9/h1-2,7,9,12,14,16H,3-6,8H2/t12-,14?/m1/s1. The molecule has 2 aliphatic heterocycles. The summed E-state index contributed by atoms with van der Waals surface area (Å²) in [4.78, 5) is 0. The molecule has 2 atom stereocenters. The Balaban J connectivity index is 1.80. The van der Waals surface area contributed by atoms with Gasteiger partial charge in [-0.1, -0.05) is 0 Å². The molecule has 2 aliphatic rings. The third-order valence-electron chi connectivity index (χ3n) is 3.86. The molecule has 1 unspecified atom stereocenters. The van der Waals surface area contributed by atoms with Gasteiger partial charge >= 0.3 is 0 Å². The average Bonchev–Trinajstić information content (AvgIpc) is 2.40. The molecule has 2 heterocycles. The van der Waals surface area contributed by atoms with E-state index in [1.54, 1.807) is 6.07 Å². The van der Waals surface area contributed by atoms with Crippen LogP contribution in [-0.2, 0) is 4.74 Å². The van der Waals surface area contributed by atoms with Gasteiger partial charge in [-0.05, 0) is 31.0 Å². The molecule has 1 aromatic rings. The highest BCUT2D eigenvalue weighted by Gasteiger charge is 2.33. The van der Waals surface area contributed by atoms with E-state index in [0.717, 1.165) is 26.1 Å². The summed E-state index contributed by atoms with van der Waals surface area (Å²) < 4.78 is 24.4. The van der Waals surface area contributed by atoms with Gasteiger partial charge in [0.2, 0.25) is 0 Å². The topological polar surface area (TPSA) is 38.7 Å². The smallest absolute Gasteiger partial charge is 0.125 e. The van der Waals surface area contributed by atoms with Crippen molar-refractivity contribution in [2.75, 3.05) is 13.2 Å².